The van der Waals surface area contributed by atoms with Crippen LogP contribution in [0.5, 0.6) is 5.75 Å². The van der Waals surface area contributed by atoms with Crippen molar-refractivity contribution >= 4 is 27.7 Å². The van der Waals surface area contributed by atoms with E-state index in [1.54, 1.807) is 7.11 Å². The number of benzene rings is 1. The fourth-order valence-electron chi connectivity index (χ4n) is 1.44. The first-order valence-corrected chi connectivity index (χ1v) is 7.14. The number of aliphatic hydroxyl groups is 1. The average Bonchev–Trinajstić information content (AvgIpc) is 2.85. The van der Waals surface area contributed by atoms with E-state index in [9.17, 15) is 0 Å². The largest absolute Gasteiger partial charge is 0.512 e. The third-order valence-corrected chi connectivity index (χ3v) is 3.66. The molecule has 0 bridgehead atoms. The molecule has 0 saturated carbocycles. The van der Waals surface area contributed by atoms with E-state index < -0.39 is 0 Å². The van der Waals surface area contributed by atoms with Crippen molar-refractivity contribution in [3.63, 3.8) is 0 Å². The number of halogens is 1. The number of nitrogens with zero attached hydrogens (tertiary/aromatic N) is 2. The van der Waals surface area contributed by atoms with Crippen LogP contribution < -0.4 is 4.74 Å². The van der Waals surface area contributed by atoms with Crippen LogP contribution in [0.25, 0.3) is 11.4 Å². The monoisotopic (exact) mass is 341 g/mol. The second-order valence-electron chi connectivity index (χ2n) is 3.67. The van der Waals surface area contributed by atoms with Gasteiger partial charge in [-0.3, -0.25) is 5.10 Å². The number of hydrogen-bond acceptors (Lipinski definition) is 5. The van der Waals surface area contributed by atoms with Gasteiger partial charge in [0.2, 0.25) is 5.16 Å². The predicted molar refractivity (Wildman–Crippen MR) is 78.6 cm³/mol. The molecule has 2 rings (SSSR count). The Kier molecular flexibility index (Phi) is 4.49. The van der Waals surface area contributed by atoms with Gasteiger partial charge < -0.3 is 9.84 Å². The van der Waals surface area contributed by atoms with Crippen LogP contribution in [0.15, 0.2) is 40.2 Å². The second-order valence-corrected chi connectivity index (χ2v) is 5.52. The Bertz CT molecular complexity index is 600. The SMILES string of the molecule is C=C(O)CSc1n[nH]c(-c2cc(Br)ccc2OC)n1. The van der Waals surface area contributed by atoms with Crippen molar-refractivity contribution in [2.75, 3.05) is 12.9 Å². The summed E-state index contributed by atoms with van der Waals surface area (Å²) in [5.74, 6) is 1.79. The number of nitrogens with one attached hydrogen (secondary N) is 1. The van der Waals surface area contributed by atoms with E-state index in [4.69, 9.17) is 9.84 Å². The average molecular weight is 342 g/mol. The molecule has 2 aromatic rings. The molecule has 7 heteroatoms. The standard InChI is InChI=1S/C12H12BrN3O2S/c1-7(17)6-19-12-14-11(15-16-12)9-5-8(13)3-4-10(9)18-2/h3-5,17H,1,6H2,2H3,(H,14,15,16). The molecule has 0 aliphatic heterocycles. The van der Waals surface area contributed by atoms with Crippen LogP contribution in [0.4, 0.5) is 0 Å². The van der Waals surface area contributed by atoms with Gasteiger partial charge in [-0.1, -0.05) is 34.3 Å². The molecule has 19 heavy (non-hydrogen) atoms. The first-order chi connectivity index (χ1) is 9.10. The third kappa shape index (κ3) is 3.51. The van der Waals surface area contributed by atoms with Crippen molar-refractivity contribution in [2.45, 2.75) is 5.16 Å². The van der Waals surface area contributed by atoms with Gasteiger partial charge in [-0.15, -0.1) is 5.10 Å². The van der Waals surface area contributed by atoms with Crippen molar-refractivity contribution in [3.05, 3.63) is 35.0 Å². The number of methoxy groups -OCH3 is 1. The summed E-state index contributed by atoms with van der Waals surface area (Å²) in [5, 5.41) is 16.5. The van der Waals surface area contributed by atoms with E-state index >= 15 is 0 Å². The topological polar surface area (TPSA) is 71.0 Å². The number of H-pyrrole nitrogens is 1. The van der Waals surface area contributed by atoms with E-state index in [1.807, 2.05) is 18.2 Å². The van der Waals surface area contributed by atoms with Crippen molar-refractivity contribution in [2.24, 2.45) is 0 Å². The Morgan fingerprint density at radius 2 is 2.37 bits per heavy atom. The normalized spacial score (nSPS) is 10.4. The molecule has 2 N–H and O–H groups in total. The smallest absolute Gasteiger partial charge is 0.209 e. The van der Waals surface area contributed by atoms with E-state index in [1.165, 1.54) is 11.8 Å². The number of rotatable bonds is 5. The van der Waals surface area contributed by atoms with E-state index in [0.717, 1.165) is 10.0 Å². The Morgan fingerprint density at radius 1 is 1.58 bits per heavy atom. The van der Waals surface area contributed by atoms with Gasteiger partial charge in [0.15, 0.2) is 5.82 Å². The Labute approximate surface area is 123 Å². The van der Waals surface area contributed by atoms with Gasteiger partial charge in [0, 0.05) is 4.47 Å². The summed E-state index contributed by atoms with van der Waals surface area (Å²) in [5.41, 5.74) is 0.819. The molecule has 0 saturated heterocycles. The molecule has 5 nitrogen and oxygen atoms in total. The molecule has 1 aromatic heterocycles. The highest BCUT2D eigenvalue weighted by atomic mass is 79.9. The summed E-state index contributed by atoms with van der Waals surface area (Å²) in [7, 11) is 1.61. The summed E-state index contributed by atoms with van der Waals surface area (Å²) in [6, 6.07) is 5.65. The second kappa shape index (κ2) is 6.12. The number of hydrogen-bond donors (Lipinski definition) is 2. The molecule has 0 spiro atoms. The summed E-state index contributed by atoms with van der Waals surface area (Å²) in [4.78, 5) is 4.35. The fraction of sp³-hybridized carbons (Fsp3) is 0.167. The van der Waals surface area contributed by atoms with Crippen LogP contribution in [0.3, 0.4) is 0 Å². The van der Waals surface area contributed by atoms with Gasteiger partial charge in [-0.05, 0) is 18.2 Å². The zero-order valence-corrected chi connectivity index (χ0v) is 12.6. The molecule has 0 amide bonds. The van der Waals surface area contributed by atoms with Crippen molar-refractivity contribution < 1.29 is 9.84 Å². The van der Waals surface area contributed by atoms with Gasteiger partial charge in [-0.2, -0.15) is 0 Å². The molecule has 0 aliphatic rings. The lowest BCUT2D eigenvalue weighted by Gasteiger charge is -2.05. The molecular formula is C12H12BrN3O2S. The minimum atomic E-state index is 0.0939. The molecule has 100 valence electrons. The van der Waals surface area contributed by atoms with Crippen LogP contribution in [-0.2, 0) is 0 Å². The maximum atomic E-state index is 9.05. The molecular weight excluding hydrogens is 330 g/mol. The lowest BCUT2D eigenvalue weighted by molar-refractivity contribution is 0.416. The number of ether oxygens (including phenoxy) is 1. The fourth-order valence-corrected chi connectivity index (χ4v) is 2.37. The molecule has 0 fully saturated rings. The molecule has 0 unspecified atom stereocenters. The minimum absolute atomic E-state index is 0.0939. The number of aromatic amines is 1. The summed E-state index contributed by atoms with van der Waals surface area (Å²) in [6.07, 6.45) is 0. The first kappa shape index (κ1) is 14.0. The van der Waals surface area contributed by atoms with E-state index in [2.05, 4.69) is 37.7 Å². The molecule has 1 heterocycles. The van der Waals surface area contributed by atoms with Crippen LogP contribution in [0.1, 0.15) is 0 Å². The van der Waals surface area contributed by atoms with Gasteiger partial charge in [0.25, 0.3) is 0 Å². The van der Waals surface area contributed by atoms with Crippen molar-refractivity contribution in [1.82, 2.24) is 15.2 Å². The van der Waals surface area contributed by atoms with Gasteiger partial charge in [0.05, 0.1) is 24.2 Å². The highest BCUT2D eigenvalue weighted by Gasteiger charge is 2.12. The van der Waals surface area contributed by atoms with Crippen molar-refractivity contribution in [1.29, 1.82) is 0 Å². The molecule has 0 radical (unpaired) electrons. The number of aromatic nitrogens is 3. The summed E-state index contributed by atoms with van der Waals surface area (Å²) < 4.78 is 6.22. The van der Waals surface area contributed by atoms with Crippen LogP contribution >= 0.6 is 27.7 Å². The Hall–Kier alpha value is -1.47. The zero-order valence-electron chi connectivity index (χ0n) is 10.2. The highest BCUT2D eigenvalue weighted by molar-refractivity contribution is 9.10. The van der Waals surface area contributed by atoms with Crippen LogP contribution in [0, 0.1) is 0 Å². The van der Waals surface area contributed by atoms with Gasteiger partial charge in [-0.25, -0.2) is 4.98 Å². The first-order valence-electron chi connectivity index (χ1n) is 5.36. The van der Waals surface area contributed by atoms with Crippen molar-refractivity contribution in [3.8, 4) is 17.1 Å². The molecule has 0 aliphatic carbocycles. The summed E-state index contributed by atoms with van der Waals surface area (Å²) in [6.45, 7) is 3.42. The van der Waals surface area contributed by atoms with Gasteiger partial charge in [0.1, 0.15) is 5.75 Å². The van der Waals surface area contributed by atoms with Crippen LogP contribution in [-0.4, -0.2) is 33.2 Å². The molecule has 1 aromatic carbocycles. The molecule has 0 atom stereocenters. The zero-order chi connectivity index (χ0) is 13.8. The van der Waals surface area contributed by atoms with E-state index in [-0.39, 0.29) is 5.76 Å². The lowest BCUT2D eigenvalue weighted by atomic mass is 10.2. The maximum Gasteiger partial charge on any atom is 0.209 e. The lowest BCUT2D eigenvalue weighted by Crippen LogP contribution is -1.89. The maximum absolute atomic E-state index is 9.05. The van der Waals surface area contributed by atoms with Crippen LogP contribution in [0.2, 0.25) is 0 Å². The Morgan fingerprint density at radius 3 is 3.05 bits per heavy atom. The highest BCUT2D eigenvalue weighted by Crippen LogP contribution is 2.31. The third-order valence-electron chi connectivity index (χ3n) is 2.25. The quantitative estimate of drug-likeness (QED) is 0.644. The predicted octanol–water partition coefficient (Wildman–Crippen LogP) is 3.41. The summed E-state index contributed by atoms with van der Waals surface area (Å²) >= 11 is 4.72. The minimum Gasteiger partial charge on any atom is -0.512 e. The van der Waals surface area contributed by atoms with Gasteiger partial charge >= 0.3 is 0 Å². The Balaban J connectivity index is 2.27. The number of thioether (sulfide) groups is 1. The van der Waals surface area contributed by atoms with E-state index in [0.29, 0.717) is 22.5 Å². The number of aliphatic hydroxyl groups excluding tert-OH is 1.